The molecule has 0 bridgehead atoms. The van der Waals surface area contributed by atoms with Gasteiger partial charge in [-0.1, -0.05) is 102 Å². The molecule has 234 valence electrons. The molecule has 0 radical (unpaired) electrons. The highest BCUT2D eigenvalue weighted by atomic mass is 16.3. The zero-order valence-corrected chi connectivity index (χ0v) is 28.4. The van der Waals surface area contributed by atoms with E-state index in [2.05, 4.69) is 138 Å². The molecule has 4 heterocycles. The van der Waals surface area contributed by atoms with Crippen molar-refractivity contribution < 1.29 is 4.42 Å². The van der Waals surface area contributed by atoms with E-state index in [1.807, 2.05) is 6.92 Å². The van der Waals surface area contributed by atoms with Gasteiger partial charge in [0, 0.05) is 33.5 Å². The molecule has 0 saturated heterocycles. The monoisotopic (exact) mass is 616 g/mol. The second-order valence-corrected chi connectivity index (χ2v) is 14.5. The first-order valence-corrected chi connectivity index (χ1v) is 16.7. The Balaban J connectivity index is 1.52. The molecule has 0 N–H and O–H groups in total. The Labute approximate surface area is 275 Å². The number of nitrogens with zero attached hydrogens (tertiary/aromatic N) is 4. The van der Waals surface area contributed by atoms with Gasteiger partial charge < -0.3 is 4.42 Å². The molecule has 0 aliphatic heterocycles. The lowest BCUT2D eigenvalue weighted by Gasteiger charge is -2.26. The zero-order valence-electron chi connectivity index (χ0n) is 28.4. The number of aryl methyl sites for hydroxylation is 2. The summed E-state index contributed by atoms with van der Waals surface area (Å²) in [7, 11) is 0. The average Bonchev–Trinajstić information content (AvgIpc) is 3.61. The van der Waals surface area contributed by atoms with Crippen LogP contribution in [0.2, 0.25) is 0 Å². The maximum atomic E-state index is 6.74. The van der Waals surface area contributed by atoms with Crippen LogP contribution in [0, 0.1) is 19.3 Å². The highest BCUT2D eigenvalue weighted by molar-refractivity contribution is 6.15. The molecular weight excluding hydrogens is 576 g/mol. The van der Waals surface area contributed by atoms with Gasteiger partial charge in [0.1, 0.15) is 11.4 Å². The van der Waals surface area contributed by atoms with Crippen LogP contribution in [0.25, 0.3) is 71.7 Å². The van der Waals surface area contributed by atoms with Gasteiger partial charge in [0.15, 0.2) is 0 Å². The highest BCUT2D eigenvalue weighted by Gasteiger charge is 2.27. The van der Waals surface area contributed by atoms with E-state index < -0.39 is 0 Å². The van der Waals surface area contributed by atoms with Crippen molar-refractivity contribution in [3.63, 3.8) is 0 Å². The van der Waals surface area contributed by atoms with Gasteiger partial charge in [0.25, 0.3) is 0 Å². The van der Waals surface area contributed by atoms with Gasteiger partial charge in [-0.15, -0.1) is 0 Å². The van der Waals surface area contributed by atoms with Gasteiger partial charge in [0.2, 0.25) is 5.71 Å². The van der Waals surface area contributed by atoms with Gasteiger partial charge in [0.05, 0.1) is 28.0 Å². The van der Waals surface area contributed by atoms with E-state index in [0.717, 1.165) is 61.5 Å². The predicted molar refractivity (Wildman–Crippen MR) is 196 cm³/mol. The summed E-state index contributed by atoms with van der Waals surface area (Å²) in [5.74, 6) is 1.36. The largest absolute Gasteiger partial charge is 0.437 e. The molecule has 0 saturated carbocycles. The summed E-state index contributed by atoms with van der Waals surface area (Å²) in [5.41, 5.74) is 9.79. The first-order chi connectivity index (χ1) is 22.5. The number of rotatable bonds is 4. The lowest BCUT2D eigenvalue weighted by atomic mass is 9.80. The van der Waals surface area contributed by atoms with Crippen molar-refractivity contribution >= 4 is 54.6 Å². The van der Waals surface area contributed by atoms with Crippen LogP contribution in [-0.4, -0.2) is 19.5 Å². The molecular formula is C42H40N4O. The van der Waals surface area contributed by atoms with Crippen LogP contribution in [0.15, 0.2) is 89.3 Å². The summed E-state index contributed by atoms with van der Waals surface area (Å²) in [6, 6.07) is 30.3. The smallest absolute Gasteiger partial charge is 0.227 e. The fraction of sp³-hybridized carbons (Fsp3) is 0.262. The molecule has 0 amide bonds. The Morgan fingerprint density at radius 1 is 0.681 bits per heavy atom. The number of aromatic nitrogens is 4. The minimum atomic E-state index is 0.0868. The quantitative estimate of drug-likeness (QED) is 0.185. The van der Waals surface area contributed by atoms with Crippen LogP contribution >= 0.6 is 0 Å². The van der Waals surface area contributed by atoms with Crippen LogP contribution in [0.1, 0.15) is 76.0 Å². The Morgan fingerprint density at radius 3 is 2.04 bits per heavy atom. The summed E-state index contributed by atoms with van der Waals surface area (Å²) >= 11 is 0. The van der Waals surface area contributed by atoms with E-state index >= 15 is 0 Å². The number of imidazole rings is 1. The molecule has 0 spiro atoms. The first-order valence-electron chi connectivity index (χ1n) is 16.7. The molecule has 47 heavy (non-hydrogen) atoms. The minimum Gasteiger partial charge on any atom is -0.437 e. The second-order valence-electron chi connectivity index (χ2n) is 14.5. The molecule has 4 aromatic carbocycles. The van der Waals surface area contributed by atoms with Crippen molar-refractivity contribution in [1.82, 2.24) is 19.5 Å². The Bertz CT molecular complexity index is 2530. The van der Waals surface area contributed by atoms with Crippen molar-refractivity contribution in [2.75, 3.05) is 0 Å². The van der Waals surface area contributed by atoms with Crippen LogP contribution < -0.4 is 0 Å². The number of benzene rings is 4. The fourth-order valence-electron chi connectivity index (χ4n) is 7.36. The maximum Gasteiger partial charge on any atom is 0.227 e. The predicted octanol–water partition coefficient (Wildman–Crippen LogP) is 11.6. The summed E-state index contributed by atoms with van der Waals surface area (Å²) in [4.78, 5) is 15.4. The van der Waals surface area contributed by atoms with Crippen LogP contribution in [0.3, 0.4) is 0 Å². The van der Waals surface area contributed by atoms with E-state index in [0.29, 0.717) is 5.71 Å². The number of pyridine rings is 2. The SMILES string of the molecule is Cc1cc2nc(-c3cccc4c3oc3nc(C(C)C(C)(C)C)ccc34)n(-c3c(C(C)C)c4ccccc4c4ccccc34)c2c(C)n1. The third-order valence-electron chi connectivity index (χ3n) is 10.1. The number of hydrogen-bond acceptors (Lipinski definition) is 4. The lowest BCUT2D eigenvalue weighted by molar-refractivity contribution is 0.334. The summed E-state index contributed by atoms with van der Waals surface area (Å²) < 4.78 is 9.10. The van der Waals surface area contributed by atoms with Gasteiger partial charge in [-0.05, 0) is 71.2 Å². The van der Waals surface area contributed by atoms with E-state index in [9.17, 15) is 0 Å². The molecule has 0 fully saturated rings. The van der Waals surface area contributed by atoms with Crippen LogP contribution in [-0.2, 0) is 0 Å². The highest BCUT2D eigenvalue weighted by Crippen LogP contribution is 2.44. The van der Waals surface area contributed by atoms with Gasteiger partial charge in [-0.25, -0.2) is 9.97 Å². The van der Waals surface area contributed by atoms with E-state index in [1.165, 1.54) is 27.1 Å². The van der Waals surface area contributed by atoms with E-state index in [1.54, 1.807) is 0 Å². The average molecular weight is 617 g/mol. The number of furan rings is 1. The summed E-state index contributed by atoms with van der Waals surface area (Å²) in [6.07, 6.45) is 0. The molecule has 8 rings (SSSR count). The lowest BCUT2D eigenvalue weighted by Crippen LogP contribution is -2.16. The molecule has 1 atom stereocenters. The molecule has 0 aliphatic carbocycles. The number of fused-ring (bicyclic) bond motifs is 7. The van der Waals surface area contributed by atoms with Gasteiger partial charge in [-0.2, -0.15) is 0 Å². The molecule has 5 heteroatoms. The Hall–Kier alpha value is -5.03. The fourth-order valence-corrected chi connectivity index (χ4v) is 7.36. The molecule has 8 aromatic rings. The third-order valence-corrected chi connectivity index (χ3v) is 10.1. The number of hydrogen-bond donors (Lipinski definition) is 0. The van der Waals surface area contributed by atoms with Gasteiger partial charge in [-0.3, -0.25) is 9.55 Å². The maximum absolute atomic E-state index is 6.74. The Morgan fingerprint density at radius 2 is 1.34 bits per heavy atom. The van der Waals surface area contributed by atoms with Crippen molar-refractivity contribution in [3.05, 3.63) is 108 Å². The molecule has 0 aliphatic rings. The van der Waals surface area contributed by atoms with E-state index in [-0.39, 0.29) is 17.3 Å². The first kappa shape index (κ1) is 29.4. The van der Waals surface area contributed by atoms with Crippen molar-refractivity contribution in [3.8, 4) is 17.1 Å². The van der Waals surface area contributed by atoms with Crippen molar-refractivity contribution in [2.45, 2.75) is 67.2 Å². The molecule has 5 nitrogen and oxygen atoms in total. The molecule has 1 unspecified atom stereocenters. The van der Waals surface area contributed by atoms with Gasteiger partial charge >= 0.3 is 0 Å². The topological polar surface area (TPSA) is 56.7 Å². The Kier molecular flexibility index (Phi) is 6.56. The standard InChI is InChI=1S/C42H40N4O/c1-23(2)36-29-16-11-9-14-27(29)28-15-10-12-17-30(28)38(36)46-37-26(5)43-24(3)22-35(37)44-40(46)33-19-13-18-31-32-20-21-34(25(4)42(6,7)8)45-41(32)47-39(31)33/h9-23,25H,1-8H3. The van der Waals surface area contributed by atoms with Crippen LogP contribution in [0.4, 0.5) is 0 Å². The van der Waals surface area contributed by atoms with Crippen molar-refractivity contribution in [2.24, 2.45) is 5.41 Å². The normalized spacial score (nSPS) is 13.2. The minimum absolute atomic E-state index is 0.0868. The summed E-state index contributed by atoms with van der Waals surface area (Å²) in [5, 5.41) is 6.99. The zero-order chi connectivity index (χ0) is 32.8. The number of para-hydroxylation sites is 1. The summed E-state index contributed by atoms with van der Waals surface area (Å²) in [6.45, 7) is 17.7. The van der Waals surface area contributed by atoms with Crippen molar-refractivity contribution in [1.29, 1.82) is 0 Å². The third kappa shape index (κ3) is 4.47. The second kappa shape index (κ2) is 10.5. The van der Waals surface area contributed by atoms with Crippen LogP contribution in [0.5, 0.6) is 0 Å². The molecule has 4 aromatic heterocycles. The van der Waals surface area contributed by atoms with E-state index in [4.69, 9.17) is 19.4 Å².